The number of hydrogen-bond acceptors (Lipinski definition) is 4. The van der Waals surface area contributed by atoms with Gasteiger partial charge in [0.2, 0.25) is 10.0 Å². The molecule has 1 atom stereocenters. The first-order valence-electron chi connectivity index (χ1n) is 4.54. The molecule has 0 radical (unpaired) electrons. The zero-order chi connectivity index (χ0) is 12.8. The highest BCUT2D eigenvalue weighted by molar-refractivity contribution is 7.89. The maximum atomic E-state index is 11.1. The van der Waals surface area contributed by atoms with Crippen LogP contribution in [-0.2, 0) is 14.8 Å². The summed E-state index contributed by atoms with van der Waals surface area (Å²) in [5.41, 5.74) is 0. The molecule has 0 fully saturated rings. The third-order valence-corrected chi connectivity index (χ3v) is 2.46. The topological polar surface area (TPSA) is 139 Å². The van der Waals surface area contributed by atoms with Crippen molar-refractivity contribution in [3.05, 3.63) is 0 Å². The van der Waals surface area contributed by atoms with Crippen LogP contribution in [0.5, 0.6) is 0 Å². The number of nitrogens with two attached hydrogens (primary N) is 1. The number of aliphatic carboxylic acids is 1. The molecule has 2 amide bonds. The molecule has 0 heterocycles. The number of nitrogens with one attached hydrogen (secondary N) is 2. The van der Waals surface area contributed by atoms with Crippen LogP contribution in [0.25, 0.3) is 0 Å². The Balaban J connectivity index is 3.95. The second kappa shape index (κ2) is 6.28. The Morgan fingerprint density at radius 3 is 2.38 bits per heavy atom. The van der Waals surface area contributed by atoms with Crippen molar-refractivity contribution in [2.45, 2.75) is 19.4 Å². The highest BCUT2D eigenvalue weighted by Crippen LogP contribution is 1.90. The lowest BCUT2D eigenvalue weighted by Crippen LogP contribution is -2.46. The van der Waals surface area contributed by atoms with Crippen molar-refractivity contribution < 1.29 is 23.1 Å². The van der Waals surface area contributed by atoms with Crippen LogP contribution in [0.1, 0.15) is 13.3 Å². The van der Waals surface area contributed by atoms with E-state index in [1.54, 1.807) is 6.92 Å². The van der Waals surface area contributed by atoms with Gasteiger partial charge in [0.05, 0.1) is 5.75 Å². The summed E-state index contributed by atoms with van der Waals surface area (Å²) in [6.45, 7) is 1.43. The van der Waals surface area contributed by atoms with Gasteiger partial charge in [-0.1, -0.05) is 6.92 Å². The lowest BCUT2D eigenvalue weighted by molar-refractivity contribution is -0.139. The van der Waals surface area contributed by atoms with Crippen LogP contribution in [0.2, 0.25) is 0 Å². The first-order chi connectivity index (χ1) is 7.26. The number of primary sulfonamides is 1. The Hall–Kier alpha value is -1.35. The molecule has 0 aromatic heterocycles. The van der Waals surface area contributed by atoms with Gasteiger partial charge in [-0.15, -0.1) is 0 Å². The Bertz CT molecular complexity index is 353. The molecule has 0 aromatic rings. The quantitative estimate of drug-likeness (QED) is 0.453. The molecule has 16 heavy (non-hydrogen) atoms. The van der Waals surface area contributed by atoms with E-state index in [0.717, 1.165) is 0 Å². The Kier molecular flexibility index (Phi) is 5.75. The molecule has 5 N–H and O–H groups in total. The molecule has 0 aromatic carbocycles. The van der Waals surface area contributed by atoms with Gasteiger partial charge in [-0.05, 0) is 6.42 Å². The number of amides is 2. The summed E-state index contributed by atoms with van der Waals surface area (Å²) in [5, 5.41) is 17.7. The summed E-state index contributed by atoms with van der Waals surface area (Å²) in [4.78, 5) is 21.6. The van der Waals surface area contributed by atoms with Crippen LogP contribution in [0.4, 0.5) is 4.79 Å². The van der Waals surface area contributed by atoms with Gasteiger partial charge in [-0.25, -0.2) is 23.1 Å². The fraction of sp³-hybridized carbons (Fsp3) is 0.714. The van der Waals surface area contributed by atoms with E-state index in [2.05, 4.69) is 10.6 Å². The molecular weight excluding hydrogens is 238 g/mol. The third kappa shape index (κ3) is 7.01. The highest BCUT2D eigenvalue weighted by atomic mass is 32.2. The normalized spacial score (nSPS) is 12.9. The molecule has 0 saturated heterocycles. The van der Waals surface area contributed by atoms with Gasteiger partial charge in [0.1, 0.15) is 6.04 Å². The predicted octanol–water partition coefficient (Wildman–Crippen LogP) is -1.56. The maximum absolute atomic E-state index is 11.1. The summed E-state index contributed by atoms with van der Waals surface area (Å²) < 4.78 is 21.0. The molecule has 94 valence electrons. The molecule has 0 aliphatic carbocycles. The minimum atomic E-state index is -3.63. The lowest BCUT2D eigenvalue weighted by atomic mass is 10.2. The van der Waals surface area contributed by atoms with E-state index in [9.17, 15) is 18.0 Å². The number of carboxylic acids is 1. The molecular formula is C7H15N3O5S. The fourth-order valence-electron chi connectivity index (χ4n) is 0.855. The predicted molar refractivity (Wildman–Crippen MR) is 56.2 cm³/mol. The second-order valence-corrected chi connectivity index (χ2v) is 4.80. The molecule has 8 nitrogen and oxygen atoms in total. The monoisotopic (exact) mass is 253 g/mol. The van der Waals surface area contributed by atoms with E-state index in [1.807, 2.05) is 0 Å². The zero-order valence-corrected chi connectivity index (χ0v) is 9.58. The van der Waals surface area contributed by atoms with Crippen molar-refractivity contribution in [2.75, 3.05) is 12.3 Å². The molecule has 0 aliphatic rings. The van der Waals surface area contributed by atoms with Crippen LogP contribution < -0.4 is 15.8 Å². The van der Waals surface area contributed by atoms with Crippen molar-refractivity contribution in [3.63, 3.8) is 0 Å². The van der Waals surface area contributed by atoms with Gasteiger partial charge in [-0.3, -0.25) is 0 Å². The number of hydrogen-bond donors (Lipinski definition) is 4. The van der Waals surface area contributed by atoms with Gasteiger partial charge in [-0.2, -0.15) is 0 Å². The number of sulfonamides is 1. The van der Waals surface area contributed by atoms with Crippen LogP contribution in [0.15, 0.2) is 0 Å². The minimum Gasteiger partial charge on any atom is -0.480 e. The first-order valence-corrected chi connectivity index (χ1v) is 6.25. The Morgan fingerprint density at radius 2 is 2.00 bits per heavy atom. The van der Waals surface area contributed by atoms with Crippen molar-refractivity contribution in [2.24, 2.45) is 5.14 Å². The minimum absolute atomic E-state index is 0.166. The zero-order valence-electron chi connectivity index (χ0n) is 8.76. The average molecular weight is 253 g/mol. The maximum Gasteiger partial charge on any atom is 0.326 e. The van der Waals surface area contributed by atoms with Crippen LogP contribution in [0.3, 0.4) is 0 Å². The smallest absolute Gasteiger partial charge is 0.326 e. The van der Waals surface area contributed by atoms with Crippen molar-refractivity contribution in [1.29, 1.82) is 0 Å². The largest absolute Gasteiger partial charge is 0.480 e. The van der Waals surface area contributed by atoms with Gasteiger partial charge < -0.3 is 15.7 Å². The van der Waals surface area contributed by atoms with Crippen LogP contribution >= 0.6 is 0 Å². The van der Waals surface area contributed by atoms with Crippen LogP contribution in [-0.4, -0.2) is 43.9 Å². The summed E-state index contributed by atoms with van der Waals surface area (Å²) >= 11 is 0. The van der Waals surface area contributed by atoms with Crippen molar-refractivity contribution in [3.8, 4) is 0 Å². The highest BCUT2D eigenvalue weighted by Gasteiger charge is 2.17. The number of carbonyl (C=O) groups excluding carboxylic acids is 1. The number of carbonyl (C=O) groups is 2. The third-order valence-electron chi connectivity index (χ3n) is 1.68. The summed E-state index contributed by atoms with van der Waals surface area (Å²) in [6.07, 6.45) is 0.234. The first kappa shape index (κ1) is 14.6. The molecule has 0 aliphatic heterocycles. The molecule has 0 saturated carbocycles. The van der Waals surface area contributed by atoms with E-state index >= 15 is 0 Å². The number of rotatable bonds is 6. The number of urea groups is 1. The SMILES string of the molecule is CCC(NC(=O)NCCS(N)(=O)=O)C(=O)O. The van der Waals surface area contributed by atoms with Crippen molar-refractivity contribution in [1.82, 2.24) is 10.6 Å². The molecule has 0 spiro atoms. The van der Waals surface area contributed by atoms with Crippen molar-refractivity contribution >= 4 is 22.0 Å². The molecule has 0 rings (SSSR count). The molecule has 9 heteroatoms. The fourth-order valence-corrected chi connectivity index (χ4v) is 1.24. The van der Waals surface area contributed by atoms with Gasteiger partial charge >= 0.3 is 12.0 Å². The second-order valence-electron chi connectivity index (χ2n) is 3.07. The summed E-state index contributed by atoms with van der Waals surface area (Å²) in [5.74, 6) is -1.55. The van der Waals surface area contributed by atoms with E-state index in [1.165, 1.54) is 0 Å². The van der Waals surface area contributed by atoms with E-state index in [-0.39, 0.29) is 13.0 Å². The Labute approximate surface area is 93.2 Å². The van der Waals surface area contributed by atoms with Gasteiger partial charge in [0, 0.05) is 6.54 Å². The van der Waals surface area contributed by atoms with E-state index < -0.39 is 33.8 Å². The van der Waals surface area contributed by atoms with Gasteiger partial charge in [0.25, 0.3) is 0 Å². The van der Waals surface area contributed by atoms with E-state index in [0.29, 0.717) is 0 Å². The summed E-state index contributed by atoms with van der Waals surface area (Å²) in [6, 6.07) is -1.73. The standard InChI is InChI=1S/C7H15N3O5S/c1-2-5(6(11)12)10-7(13)9-3-4-16(8,14)15/h5H,2-4H2,1H3,(H,11,12)(H2,8,14,15)(H2,9,10,13). The lowest BCUT2D eigenvalue weighted by Gasteiger charge is -2.12. The van der Waals surface area contributed by atoms with E-state index in [4.69, 9.17) is 10.2 Å². The number of carboxylic acid groups (broad SMARTS) is 1. The average Bonchev–Trinajstić information content (AvgIpc) is 2.11. The van der Waals surface area contributed by atoms with Gasteiger partial charge in [0.15, 0.2) is 0 Å². The van der Waals surface area contributed by atoms with Crippen LogP contribution in [0, 0.1) is 0 Å². The Morgan fingerprint density at radius 1 is 1.44 bits per heavy atom. The summed E-state index contributed by atoms with van der Waals surface area (Å²) in [7, 11) is -3.63. The molecule has 1 unspecified atom stereocenters. The molecule has 0 bridgehead atoms.